The number of primary amides is 1. The maximum Gasteiger partial charge on any atom is 0.327 e. The molecule has 5 aromatic rings. The number of aromatic nitrogens is 1. The van der Waals surface area contributed by atoms with Crippen LogP contribution in [-0.2, 0) is 88.0 Å². The van der Waals surface area contributed by atoms with Gasteiger partial charge in [-0.2, -0.15) is 12.6 Å². The van der Waals surface area contributed by atoms with Gasteiger partial charge in [-0.05, 0) is 83.2 Å². The van der Waals surface area contributed by atoms with Crippen LogP contribution in [0.5, 0.6) is 11.5 Å². The number of H-pyrrole nitrogens is 1. The van der Waals surface area contributed by atoms with Gasteiger partial charge in [-0.1, -0.05) is 141 Å². The first kappa shape index (κ1) is 85.1. The van der Waals surface area contributed by atoms with Gasteiger partial charge in [-0.3, -0.25) is 57.5 Å². The highest BCUT2D eigenvalue weighted by molar-refractivity contribution is 7.80. The summed E-state index contributed by atoms with van der Waals surface area (Å²) in [5.74, 6) is -15.8. The molecule has 0 bridgehead atoms. The van der Waals surface area contributed by atoms with Gasteiger partial charge in [0.1, 0.15) is 78.0 Å². The number of amides is 12. The molecule has 0 aliphatic carbocycles. The number of carbonyl (C=O) groups is 13. The summed E-state index contributed by atoms with van der Waals surface area (Å²) < 4.78 is 0. The number of aliphatic hydroxyl groups is 1. The average molecular weight is 1480 g/mol. The molecule has 0 radical (unpaired) electrons. The molecule has 12 amide bonds. The number of carboxylic acid groups (broad SMARTS) is 1. The largest absolute Gasteiger partial charge is 0.508 e. The van der Waals surface area contributed by atoms with Crippen molar-refractivity contribution in [3.63, 3.8) is 0 Å². The first-order valence-electron chi connectivity index (χ1n) is 34.7. The van der Waals surface area contributed by atoms with Crippen LogP contribution < -0.4 is 70.0 Å². The summed E-state index contributed by atoms with van der Waals surface area (Å²) in [6.07, 6.45) is 0.200. The summed E-state index contributed by atoms with van der Waals surface area (Å²) in [5, 5.41) is 69.3. The Hall–Kier alpha value is -10.6. The maximum atomic E-state index is 15.1. The van der Waals surface area contributed by atoms with E-state index < -0.39 is 186 Å². The van der Waals surface area contributed by atoms with Crippen LogP contribution in [0.2, 0.25) is 0 Å². The topological polar surface area (TPSA) is 503 Å². The van der Waals surface area contributed by atoms with Gasteiger partial charge in [0.15, 0.2) is 0 Å². The third-order valence-electron chi connectivity index (χ3n) is 17.8. The summed E-state index contributed by atoms with van der Waals surface area (Å²) >= 11 is 3.94. The van der Waals surface area contributed by atoms with Crippen molar-refractivity contribution in [2.75, 3.05) is 12.4 Å². The predicted octanol–water partition coefficient (Wildman–Crippen LogP) is -0.184. The SMILES string of the molecule is CC[C@H](C)[C@H](NC(=O)[C@H](Cc1ccc(O)cc1)NC(=O)[C@H](Cc1ccc(O)cc1)NC(=O)[C@H](CC(N)=O)NC(=O)[C@H](Cc1c[nH]c2ccccc12)NC(=O)[C@@H](NC(=O)[C@H](Cc1ccccc1)NC(=O)[C@@H](NC(=O)[C@H](C)N)C(C)C)C(C)C)C(=O)N[C@H](C(=O)N[C@@H](CO)C(=O)N[C@@H](CS)C(=O)O)[C@@H](C)CC. The molecule has 0 aliphatic rings. The van der Waals surface area contributed by atoms with Crippen molar-refractivity contribution in [1.29, 1.82) is 0 Å². The molecular weight excluding hydrogens is 1380 g/mol. The minimum absolute atomic E-state index is 0.0677. The van der Waals surface area contributed by atoms with Gasteiger partial charge in [0.2, 0.25) is 70.9 Å². The van der Waals surface area contributed by atoms with E-state index in [4.69, 9.17) is 11.5 Å². The van der Waals surface area contributed by atoms with Crippen LogP contribution in [-0.4, -0.2) is 187 Å². The lowest BCUT2D eigenvalue weighted by atomic mass is 9.94. The number of carbonyl (C=O) groups excluding carboxylic acids is 12. The normalized spacial score (nSPS) is 15.3. The zero-order valence-electron chi connectivity index (χ0n) is 60.2. The van der Waals surface area contributed by atoms with Gasteiger partial charge in [-0.25, -0.2) is 4.79 Å². The van der Waals surface area contributed by atoms with Crippen molar-refractivity contribution in [1.82, 2.24) is 63.5 Å². The first-order valence-corrected chi connectivity index (χ1v) is 35.3. The highest BCUT2D eigenvalue weighted by Gasteiger charge is 2.40. The Morgan fingerprint density at radius 2 is 0.762 bits per heavy atom. The Bertz CT molecular complexity index is 3820. The lowest BCUT2D eigenvalue weighted by molar-refractivity contribution is -0.142. The van der Waals surface area contributed by atoms with E-state index in [2.05, 4.69) is 76.1 Å². The van der Waals surface area contributed by atoms with Crippen molar-refractivity contribution < 1.29 is 82.8 Å². The van der Waals surface area contributed by atoms with E-state index in [-0.39, 0.29) is 55.8 Å². The van der Waals surface area contributed by atoms with Crippen molar-refractivity contribution in [3.05, 3.63) is 132 Å². The summed E-state index contributed by atoms with van der Waals surface area (Å²) in [4.78, 5) is 186. The fourth-order valence-corrected chi connectivity index (χ4v) is 11.4. The summed E-state index contributed by atoms with van der Waals surface area (Å²) in [6, 6.07) is 9.08. The summed E-state index contributed by atoms with van der Waals surface area (Å²) in [5.41, 5.74) is 14.0. The van der Waals surface area contributed by atoms with Gasteiger partial charge in [0, 0.05) is 48.5 Å². The van der Waals surface area contributed by atoms with Gasteiger partial charge >= 0.3 is 5.97 Å². The Kier molecular flexibility index (Phi) is 33.2. The lowest BCUT2D eigenvalue weighted by Gasteiger charge is -2.31. The van der Waals surface area contributed by atoms with Crippen LogP contribution >= 0.6 is 12.6 Å². The molecule has 0 spiro atoms. The molecule has 570 valence electrons. The van der Waals surface area contributed by atoms with E-state index in [0.29, 0.717) is 33.2 Å². The van der Waals surface area contributed by atoms with E-state index in [1.165, 1.54) is 55.5 Å². The number of carboxylic acids is 1. The molecule has 1 aromatic heterocycles. The fraction of sp³-hybridized carbons (Fsp3) is 0.466. The van der Waals surface area contributed by atoms with Crippen LogP contribution in [0.3, 0.4) is 0 Å². The van der Waals surface area contributed by atoms with Crippen LogP contribution in [0.1, 0.15) is 104 Å². The fourth-order valence-electron chi connectivity index (χ4n) is 11.1. The maximum absolute atomic E-state index is 15.1. The number of phenols is 2. The monoisotopic (exact) mass is 1480 g/mol. The molecule has 105 heavy (non-hydrogen) atoms. The zero-order valence-corrected chi connectivity index (χ0v) is 61.1. The molecule has 32 heteroatoms. The molecule has 0 aliphatic heterocycles. The highest BCUT2D eigenvalue weighted by Crippen LogP contribution is 2.22. The predicted molar refractivity (Wildman–Crippen MR) is 392 cm³/mol. The molecule has 5 rings (SSSR count). The number of aromatic amines is 1. The van der Waals surface area contributed by atoms with Crippen molar-refractivity contribution >= 4 is 100 Å². The number of hydrogen-bond acceptors (Lipinski definition) is 18. The molecule has 14 atom stereocenters. The molecule has 31 nitrogen and oxygen atoms in total. The molecular formula is C73H100N14O17S. The molecule has 1 heterocycles. The minimum Gasteiger partial charge on any atom is -0.508 e. The number of hydrogen-bond donors (Lipinski definition) is 19. The van der Waals surface area contributed by atoms with E-state index in [1.807, 2.05) is 0 Å². The third kappa shape index (κ3) is 26.0. The van der Waals surface area contributed by atoms with Gasteiger partial charge in [-0.15, -0.1) is 0 Å². The van der Waals surface area contributed by atoms with Crippen molar-refractivity contribution in [3.8, 4) is 11.5 Å². The van der Waals surface area contributed by atoms with Crippen LogP contribution in [0, 0.1) is 23.7 Å². The number of aliphatic carboxylic acids is 1. The smallest absolute Gasteiger partial charge is 0.327 e. The molecule has 0 unspecified atom stereocenters. The van der Waals surface area contributed by atoms with E-state index >= 15 is 9.59 Å². The number of thiol groups is 1. The van der Waals surface area contributed by atoms with Crippen molar-refractivity contribution in [2.24, 2.45) is 35.1 Å². The Labute approximate surface area is 614 Å². The second-order valence-corrected chi connectivity index (χ2v) is 27.2. The second kappa shape index (κ2) is 41.0. The van der Waals surface area contributed by atoms with Gasteiger partial charge in [0.25, 0.3) is 0 Å². The number of aromatic hydroxyl groups is 2. The van der Waals surface area contributed by atoms with E-state index in [0.717, 1.165) is 0 Å². The molecule has 0 saturated carbocycles. The highest BCUT2D eigenvalue weighted by atomic mass is 32.1. The molecule has 0 fully saturated rings. The van der Waals surface area contributed by atoms with E-state index in [9.17, 15) is 73.2 Å². The number of nitrogens with two attached hydrogens (primary N) is 2. The molecule has 20 N–H and O–H groups in total. The number of para-hydroxylation sites is 1. The van der Waals surface area contributed by atoms with Crippen LogP contribution in [0.15, 0.2) is 109 Å². The number of benzene rings is 4. The quantitative estimate of drug-likeness (QED) is 0.0226. The number of rotatable bonds is 41. The Morgan fingerprint density at radius 1 is 0.419 bits per heavy atom. The summed E-state index contributed by atoms with van der Waals surface area (Å²) in [7, 11) is 0. The third-order valence-corrected chi connectivity index (χ3v) is 18.2. The first-order chi connectivity index (χ1) is 49.7. The molecule has 0 saturated heterocycles. The van der Waals surface area contributed by atoms with Gasteiger partial charge in [0.05, 0.1) is 19.1 Å². The van der Waals surface area contributed by atoms with Crippen LogP contribution in [0.4, 0.5) is 0 Å². The minimum atomic E-state index is -1.90. The molecule has 4 aromatic carbocycles. The van der Waals surface area contributed by atoms with Crippen LogP contribution in [0.25, 0.3) is 10.9 Å². The zero-order chi connectivity index (χ0) is 77.9. The van der Waals surface area contributed by atoms with Gasteiger partial charge < -0.3 is 95.4 Å². The number of aliphatic hydroxyl groups excluding tert-OH is 1. The van der Waals surface area contributed by atoms with Crippen molar-refractivity contribution in [2.45, 2.75) is 180 Å². The average Bonchev–Trinajstić information content (AvgIpc) is 1.82. The van der Waals surface area contributed by atoms with E-state index in [1.54, 1.807) is 116 Å². The number of nitrogens with one attached hydrogen (secondary N) is 12. The Balaban J connectivity index is 1.49. The standard InChI is InChI=1S/C73H100N14O17S/c1-10-39(7)60(71(101)82-55(35-88)68(98)83-56(36-105)73(103)104)87-72(102)61(40(8)11-2)86-67(97)51(31-44-23-27-47(90)28-24-44)78-63(93)50(30-43-21-25-46(89)26-22-43)77-65(95)54(33-57(75)91)79-64(94)53(32-45-34-76-49-20-16-15-19-48(45)49)81-70(100)59(38(5)6)85-66(96)52(29-42-17-13-12-14-18-42)80-69(99)58(37(3)4)84-62(92)41(9)74/h12-28,34,37-41,50-56,58-61,76,88-90,105H,10-11,29-33,35-36,74H2,1-9H3,(H2,75,91)(H,77,95)(H,78,93)(H,79,94)(H,80,99)(H,81,100)(H,82,101)(H,83,98)(H,84,92)(H,85,96)(H,86,97)(H,87,102)(H,103,104)/t39-,40-,41-,50-,51-,52-,53-,54-,55-,56-,58-,59-,60-,61-/m0/s1. The number of fused-ring (bicyclic) bond motifs is 1. The second-order valence-electron chi connectivity index (χ2n) is 26.8. The summed E-state index contributed by atoms with van der Waals surface area (Å²) in [6.45, 7) is 13.8. The number of phenolic OH excluding ortho intramolecular Hbond substituents is 2. The lowest BCUT2D eigenvalue weighted by Crippen LogP contribution is -2.63. The Morgan fingerprint density at radius 3 is 1.19 bits per heavy atom.